The van der Waals surface area contributed by atoms with Crippen molar-refractivity contribution < 1.29 is 4.79 Å². The fraction of sp³-hybridized carbons (Fsp3) is 0.214. The number of carbonyl (C=O) groups is 1. The number of carbonyl (C=O) groups excluding carboxylic acids is 1. The molecule has 0 aliphatic carbocycles. The highest BCUT2D eigenvalue weighted by molar-refractivity contribution is 9.11. The number of halogens is 1. The minimum absolute atomic E-state index is 0.185. The average molecular weight is 309 g/mol. The summed E-state index contributed by atoms with van der Waals surface area (Å²) in [6.45, 7) is 2.13. The first-order valence-electron chi connectivity index (χ1n) is 5.55. The van der Waals surface area contributed by atoms with Gasteiger partial charge in [-0.15, -0.1) is 11.3 Å². The van der Waals surface area contributed by atoms with Gasteiger partial charge < -0.3 is 0 Å². The molecule has 0 N–H and O–H groups in total. The van der Waals surface area contributed by atoms with E-state index in [1.54, 1.807) is 0 Å². The fourth-order valence-electron chi connectivity index (χ4n) is 1.63. The maximum atomic E-state index is 12.0. The zero-order valence-corrected chi connectivity index (χ0v) is 12.0. The Morgan fingerprint density at radius 3 is 2.29 bits per heavy atom. The Hall–Kier alpha value is -0.930. The van der Waals surface area contributed by atoms with Crippen LogP contribution in [0.15, 0.2) is 40.2 Å². The Morgan fingerprint density at radius 2 is 1.76 bits per heavy atom. The van der Waals surface area contributed by atoms with Crippen LogP contribution in [0.1, 0.15) is 27.7 Å². The standard InChI is InChI=1S/C14H13BrOS/c1-2-10-3-5-11(6-4-10)9-12(16)13-7-8-14(15)17-13/h3-8H,2,9H2,1H3. The van der Waals surface area contributed by atoms with E-state index in [-0.39, 0.29) is 5.78 Å². The molecule has 88 valence electrons. The van der Waals surface area contributed by atoms with Gasteiger partial charge in [0.05, 0.1) is 8.66 Å². The predicted octanol–water partition coefficient (Wildman–Crippen LogP) is 4.50. The van der Waals surface area contributed by atoms with E-state index in [1.807, 2.05) is 24.3 Å². The molecule has 1 heterocycles. The number of ketones is 1. The third-order valence-electron chi connectivity index (χ3n) is 2.64. The first-order valence-corrected chi connectivity index (χ1v) is 7.16. The number of hydrogen-bond donors (Lipinski definition) is 0. The summed E-state index contributed by atoms with van der Waals surface area (Å²) in [5.74, 6) is 0.185. The smallest absolute Gasteiger partial charge is 0.177 e. The third-order valence-corrected chi connectivity index (χ3v) is 4.31. The number of thiophene rings is 1. The van der Waals surface area contributed by atoms with E-state index in [2.05, 4.69) is 35.0 Å². The molecule has 2 rings (SSSR count). The lowest BCUT2D eigenvalue weighted by Gasteiger charge is -2.01. The molecule has 0 fully saturated rings. The largest absolute Gasteiger partial charge is 0.293 e. The molecule has 0 atom stereocenters. The van der Waals surface area contributed by atoms with Crippen molar-refractivity contribution in [3.63, 3.8) is 0 Å². The van der Waals surface area contributed by atoms with E-state index >= 15 is 0 Å². The highest BCUT2D eigenvalue weighted by Crippen LogP contribution is 2.23. The Kier molecular flexibility index (Phi) is 4.13. The molecule has 0 radical (unpaired) electrons. The zero-order chi connectivity index (χ0) is 12.3. The summed E-state index contributed by atoms with van der Waals surface area (Å²) >= 11 is 4.86. The normalized spacial score (nSPS) is 10.5. The average Bonchev–Trinajstić information content (AvgIpc) is 2.77. The van der Waals surface area contributed by atoms with Crippen molar-refractivity contribution in [3.05, 3.63) is 56.2 Å². The van der Waals surface area contributed by atoms with Crippen LogP contribution < -0.4 is 0 Å². The molecule has 3 heteroatoms. The molecular weight excluding hydrogens is 296 g/mol. The first-order chi connectivity index (χ1) is 8.19. The van der Waals surface area contributed by atoms with Gasteiger partial charge in [-0.05, 0) is 45.6 Å². The summed E-state index contributed by atoms with van der Waals surface area (Å²) in [5.41, 5.74) is 2.39. The number of benzene rings is 1. The number of hydrogen-bond acceptors (Lipinski definition) is 2. The lowest BCUT2D eigenvalue weighted by Crippen LogP contribution is -2.00. The molecule has 0 saturated carbocycles. The highest BCUT2D eigenvalue weighted by atomic mass is 79.9. The Bertz CT molecular complexity index is 513. The van der Waals surface area contributed by atoms with Crippen molar-refractivity contribution in [3.8, 4) is 0 Å². The monoisotopic (exact) mass is 308 g/mol. The Balaban J connectivity index is 2.07. The molecular formula is C14H13BrOS. The van der Waals surface area contributed by atoms with Gasteiger partial charge in [0.2, 0.25) is 0 Å². The van der Waals surface area contributed by atoms with Gasteiger partial charge in [0, 0.05) is 6.42 Å². The van der Waals surface area contributed by atoms with Crippen LogP contribution in [0.5, 0.6) is 0 Å². The Labute approximate surface area is 114 Å². The predicted molar refractivity (Wildman–Crippen MR) is 75.9 cm³/mol. The third kappa shape index (κ3) is 3.27. The minimum atomic E-state index is 0.185. The number of aryl methyl sites for hydroxylation is 1. The van der Waals surface area contributed by atoms with E-state index < -0.39 is 0 Å². The lowest BCUT2D eigenvalue weighted by molar-refractivity contribution is 0.0997. The van der Waals surface area contributed by atoms with E-state index in [0.29, 0.717) is 6.42 Å². The molecule has 0 unspecified atom stereocenters. The van der Waals surface area contributed by atoms with Gasteiger partial charge >= 0.3 is 0 Å². The molecule has 1 aromatic carbocycles. The summed E-state index contributed by atoms with van der Waals surface area (Å²) < 4.78 is 1.00. The molecule has 1 nitrogen and oxygen atoms in total. The molecule has 0 spiro atoms. The first kappa shape index (κ1) is 12.5. The highest BCUT2D eigenvalue weighted by Gasteiger charge is 2.09. The Morgan fingerprint density at radius 1 is 1.12 bits per heavy atom. The van der Waals surface area contributed by atoms with Crippen LogP contribution in [-0.2, 0) is 12.8 Å². The SMILES string of the molecule is CCc1ccc(CC(=O)c2ccc(Br)s2)cc1. The van der Waals surface area contributed by atoms with Crippen LogP contribution in [0.4, 0.5) is 0 Å². The second kappa shape index (κ2) is 5.61. The van der Waals surface area contributed by atoms with E-state index in [4.69, 9.17) is 0 Å². The van der Waals surface area contributed by atoms with Crippen molar-refractivity contribution in [1.82, 2.24) is 0 Å². The van der Waals surface area contributed by atoms with Crippen molar-refractivity contribution in [2.75, 3.05) is 0 Å². The number of rotatable bonds is 4. The van der Waals surface area contributed by atoms with Crippen molar-refractivity contribution in [2.24, 2.45) is 0 Å². The summed E-state index contributed by atoms with van der Waals surface area (Å²) in [7, 11) is 0. The minimum Gasteiger partial charge on any atom is -0.293 e. The zero-order valence-electron chi connectivity index (χ0n) is 9.57. The van der Waals surface area contributed by atoms with Crippen molar-refractivity contribution in [1.29, 1.82) is 0 Å². The topological polar surface area (TPSA) is 17.1 Å². The van der Waals surface area contributed by atoms with E-state index in [9.17, 15) is 4.79 Å². The van der Waals surface area contributed by atoms with Crippen LogP contribution in [-0.4, -0.2) is 5.78 Å². The molecule has 1 aromatic heterocycles. The second-order valence-corrected chi connectivity index (χ2v) is 6.34. The molecule has 0 aliphatic heterocycles. The van der Waals surface area contributed by atoms with Crippen LogP contribution >= 0.6 is 27.3 Å². The van der Waals surface area contributed by atoms with Crippen molar-refractivity contribution in [2.45, 2.75) is 19.8 Å². The molecule has 0 aliphatic rings. The number of Topliss-reactive ketones (excluding diaryl/α,β-unsaturated/α-hetero) is 1. The van der Waals surface area contributed by atoms with Gasteiger partial charge in [-0.2, -0.15) is 0 Å². The van der Waals surface area contributed by atoms with Crippen LogP contribution in [0.25, 0.3) is 0 Å². The van der Waals surface area contributed by atoms with Gasteiger partial charge in [0.25, 0.3) is 0 Å². The molecule has 0 amide bonds. The maximum absolute atomic E-state index is 12.0. The quantitative estimate of drug-likeness (QED) is 0.760. The van der Waals surface area contributed by atoms with Crippen LogP contribution in [0, 0.1) is 0 Å². The van der Waals surface area contributed by atoms with Gasteiger partial charge in [-0.1, -0.05) is 31.2 Å². The van der Waals surface area contributed by atoms with Crippen LogP contribution in [0.2, 0.25) is 0 Å². The molecule has 2 aromatic rings. The fourth-order valence-corrected chi connectivity index (χ4v) is 2.95. The lowest BCUT2D eigenvalue weighted by atomic mass is 10.1. The van der Waals surface area contributed by atoms with Gasteiger partial charge in [-0.3, -0.25) is 4.79 Å². The summed E-state index contributed by atoms with van der Waals surface area (Å²) in [4.78, 5) is 12.8. The second-order valence-electron chi connectivity index (χ2n) is 3.87. The van der Waals surface area contributed by atoms with Gasteiger partial charge in [-0.25, -0.2) is 0 Å². The summed E-state index contributed by atoms with van der Waals surface area (Å²) in [6, 6.07) is 12.0. The van der Waals surface area contributed by atoms with Gasteiger partial charge in [0.15, 0.2) is 5.78 Å². The summed E-state index contributed by atoms with van der Waals surface area (Å²) in [6.07, 6.45) is 1.52. The van der Waals surface area contributed by atoms with E-state index in [0.717, 1.165) is 20.6 Å². The summed E-state index contributed by atoms with van der Waals surface area (Å²) in [5, 5.41) is 0. The van der Waals surface area contributed by atoms with Gasteiger partial charge in [0.1, 0.15) is 0 Å². The van der Waals surface area contributed by atoms with Crippen molar-refractivity contribution >= 4 is 33.0 Å². The molecule has 17 heavy (non-hydrogen) atoms. The molecule has 0 saturated heterocycles. The maximum Gasteiger partial charge on any atom is 0.177 e. The molecule has 0 bridgehead atoms. The van der Waals surface area contributed by atoms with E-state index in [1.165, 1.54) is 16.9 Å². The van der Waals surface area contributed by atoms with Crippen LogP contribution in [0.3, 0.4) is 0 Å².